The molecule has 2 rings (SSSR count). The van der Waals surface area contributed by atoms with Gasteiger partial charge in [0.15, 0.2) is 0 Å². The summed E-state index contributed by atoms with van der Waals surface area (Å²) in [6.45, 7) is 2.13. The molecular weight excluding hydrogens is 505 g/mol. The van der Waals surface area contributed by atoms with Gasteiger partial charge in [-0.3, -0.25) is 0 Å². The number of anilines is 1. The molecule has 0 bridgehead atoms. The van der Waals surface area contributed by atoms with E-state index in [1.807, 2.05) is 30.3 Å². The Bertz CT molecular complexity index is 638. The zero-order valence-corrected chi connectivity index (χ0v) is 17.3. The van der Waals surface area contributed by atoms with Gasteiger partial charge in [-0.1, -0.05) is 52.1 Å². The van der Waals surface area contributed by atoms with Gasteiger partial charge in [0.05, 0.1) is 21.8 Å². The number of rotatable bonds is 4. The van der Waals surface area contributed by atoms with Gasteiger partial charge in [0.2, 0.25) is 0 Å². The number of hydrogen-bond donors (Lipinski definition) is 1. The molecule has 0 aliphatic rings. The summed E-state index contributed by atoms with van der Waals surface area (Å²) in [5.74, 6) is 0. The first kappa shape index (κ1) is 17.6. The molecule has 0 saturated heterocycles. The van der Waals surface area contributed by atoms with Crippen LogP contribution in [0.3, 0.4) is 0 Å². The molecule has 6 heteroatoms. The van der Waals surface area contributed by atoms with Crippen LogP contribution in [0.15, 0.2) is 43.7 Å². The van der Waals surface area contributed by atoms with E-state index < -0.39 is 0 Å². The quantitative estimate of drug-likeness (QED) is 0.436. The largest absolute Gasteiger partial charge is 0.376 e. The van der Waals surface area contributed by atoms with Crippen LogP contribution in [-0.4, -0.2) is 0 Å². The summed E-state index contributed by atoms with van der Waals surface area (Å²) in [4.78, 5) is 0. The van der Waals surface area contributed by atoms with Crippen LogP contribution in [0.1, 0.15) is 24.9 Å². The Morgan fingerprint density at radius 3 is 2.14 bits per heavy atom. The molecule has 0 saturated carbocycles. The minimum Gasteiger partial charge on any atom is -0.376 e. The zero-order chi connectivity index (χ0) is 15.6. The van der Waals surface area contributed by atoms with Crippen molar-refractivity contribution >= 4 is 76.7 Å². The van der Waals surface area contributed by atoms with Crippen LogP contribution in [0.2, 0.25) is 10.0 Å². The number of halogens is 5. The van der Waals surface area contributed by atoms with Crippen molar-refractivity contribution in [3.63, 3.8) is 0 Å². The molecule has 1 unspecified atom stereocenters. The third-order valence-corrected chi connectivity index (χ3v) is 5.53. The summed E-state index contributed by atoms with van der Waals surface area (Å²) in [5.41, 5.74) is 2.12. The van der Waals surface area contributed by atoms with Crippen molar-refractivity contribution in [3.05, 3.63) is 59.4 Å². The normalized spacial score (nSPS) is 12.3. The summed E-state index contributed by atoms with van der Waals surface area (Å²) in [6.07, 6.45) is 0.924. The highest BCUT2D eigenvalue weighted by Gasteiger charge is 2.15. The van der Waals surface area contributed by atoms with Crippen LogP contribution >= 0.6 is 71.0 Å². The summed E-state index contributed by atoms with van der Waals surface area (Å²) in [6, 6.07) is 9.90. The van der Waals surface area contributed by atoms with E-state index in [0.717, 1.165) is 31.1 Å². The van der Waals surface area contributed by atoms with Gasteiger partial charge >= 0.3 is 0 Å². The first-order valence-corrected chi connectivity index (χ1v) is 9.42. The van der Waals surface area contributed by atoms with E-state index in [-0.39, 0.29) is 6.04 Å². The van der Waals surface area contributed by atoms with E-state index in [4.69, 9.17) is 23.2 Å². The molecule has 0 aromatic heterocycles. The van der Waals surface area contributed by atoms with E-state index in [0.29, 0.717) is 10.0 Å². The molecule has 1 atom stereocenters. The fourth-order valence-electron chi connectivity index (χ4n) is 2.00. The van der Waals surface area contributed by atoms with Crippen molar-refractivity contribution in [3.8, 4) is 0 Å². The molecule has 112 valence electrons. The molecule has 0 radical (unpaired) electrons. The highest BCUT2D eigenvalue weighted by atomic mass is 79.9. The standard InChI is InChI=1S/C15H12Br3Cl2N/c1-2-14(8-3-4-12(19)13(20)5-8)21-15-10(17)6-9(16)7-11(15)18/h3-7,14,21H,2H2,1H3. The third kappa shape index (κ3) is 4.38. The van der Waals surface area contributed by atoms with Crippen molar-refractivity contribution in [2.75, 3.05) is 5.32 Å². The molecule has 1 nitrogen and oxygen atoms in total. The van der Waals surface area contributed by atoms with Crippen molar-refractivity contribution in [2.24, 2.45) is 0 Å². The first-order valence-electron chi connectivity index (χ1n) is 6.28. The SMILES string of the molecule is CCC(Nc1c(Br)cc(Br)cc1Br)c1ccc(Cl)c(Cl)c1. The molecule has 0 fully saturated rings. The summed E-state index contributed by atoms with van der Waals surface area (Å²) in [7, 11) is 0. The number of nitrogens with one attached hydrogen (secondary N) is 1. The van der Waals surface area contributed by atoms with E-state index in [9.17, 15) is 0 Å². The van der Waals surface area contributed by atoms with E-state index in [2.05, 4.69) is 60.0 Å². The lowest BCUT2D eigenvalue weighted by Crippen LogP contribution is -2.10. The van der Waals surface area contributed by atoms with Gasteiger partial charge in [-0.15, -0.1) is 0 Å². The van der Waals surface area contributed by atoms with Crippen molar-refractivity contribution < 1.29 is 0 Å². The topological polar surface area (TPSA) is 12.0 Å². The van der Waals surface area contributed by atoms with Gasteiger partial charge in [-0.2, -0.15) is 0 Å². The Morgan fingerprint density at radius 2 is 1.62 bits per heavy atom. The summed E-state index contributed by atoms with van der Waals surface area (Å²) in [5, 5.41) is 4.68. The average Bonchev–Trinajstić information content (AvgIpc) is 2.41. The van der Waals surface area contributed by atoms with Crippen LogP contribution in [0, 0.1) is 0 Å². The van der Waals surface area contributed by atoms with Crippen LogP contribution < -0.4 is 5.32 Å². The van der Waals surface area contributed by atoms with Crippen molar-refractivity contribution in [2.45, 2.75) is 19.4 Å². The highest BCUT2D eigenvalue weighted by molar-refractivity contribution is 9.11. The third-order valence-electron chi connectivity index (χ3n) is 3.08. The Balaban J connectivity index is 2.33. The second-order valence-corrected chi connectivity index (χ2v) is 7.96. The second kappa shape index (κ2) is 7.69. The summed E-state index contributed by atoms with van der Waals surface area (Å²) >= 11 is 22.7. The van der Waals surface area contributed by atoms with Gasteiger partial charge in [-0.25, -0.2) is 0 Å². The lowest BCUT2D eigenvalue weighted by molar-refractivity contribution is 0.748. The molecule has 0 aliphatic carbocycles. The van der Waals surface area contributed by atoms with Crippen molar-refractivity contribution in [1.29, 1.82) is 0 Å². The first-order chi connectivity index (χ1) is 9.92. The van der Waals surface area contributed by atoms with Crippen LogP contribution in [0.5, 0.6) is 0 Å². The van der Waals surface area contributed by atoms with Gasteiger partial charge in [0.1, 0.15) is 0 Å². The maximum Gasteiger partial charge on any atom is 0.0634 e. The molecule has 0 aliphatic heterocycles. The van der Waals surface area contributed by atoms with Crippen LogP contribution in [-0.2, 0) is 0 Å². The Labute approximate surface area is 159 Å². The molecular formula is C15H12Br3Cl2N. The average molecular weight is 517 g/mol. The lowest BCUT2D eigenvalue weighted by atomic mass is 10.0. The molecule has 0 heterocycles. The highest BCUT2D eigenvalue weighted by Crippen LogP contribution is 2.37. The van der Waals surface area contributed by atoms with E-state index >= 15 is 0 Å². The fraction of sp³-hybridized carbons (Fsp3) is 0.200. The molecule has 2 aromatic rings. The van der Waals surface area contributed by atoms with Gasteiger partial charge < -0.3 is 5.32 Å². The van der Waals surface area contributed by atoms with Crippen LogP contribution in [0.4, 0.5) is 5.69 Å². The van der Waals surface area contributed by atoms with Crippen molar-refractivity contribution in [1.82, 2.24) is 0 Å². The van der Waals surface area contributed by atoms with Gasteiger partial charge in [-0.05, 0) is 68.1 Å². The molecule has 21 heavy (non-hydrogen) atoms. The minimum absolute atomic E-state index is 0.147. The predicted octanol–water partition coefficient (Wildman–Crippen LogP) is 7.84. The van der Waals surface area contributed by atoms with E-state index in [1.165, 1.54) is 0 Å². The van der Waals surface area contributed by atoms with Gasteiger partial charge in [0, 0.05) is 13.4 Å². The summed E-state index contributed by atoms with van der Waals surface area (Å²) < 4.78 is 2.99. The molecule has 0 spiro atoms. The molecule has 0 amide bonds. The Morgan fingerprint density at radius 1 is 1.00 bits per heavy atom. The van der Waals surface area contributed by atoms with Gasteiger partial charge in [0.25, 0.3) is 0 Å². The second-order valence-electron chi connectivity index (χ2n) is 4.52. The molecule has 2 aromatic carbocycles. The predicted molar refractivity (Wildman–Crippen MR) is 103 cm³/mol. The maximum atomic E-state index is 6.12. The monoisotopic (exact) mass is 513 g/mol. The number of hydrogen-bond acceptors (Lipinski definition) is 1. The molecule has 1 N–H and O–H groups in total. The fourth-order valence-corrected chi connectivity index (χ4v) is 4.80. The Kier molecular flexibility index (Phi) is 6.45. The zero-order valence-electron chi connectivity index (χ0n) is 11.1. The number of benzene rings is 2. The lowest BCUT2D eigenvalue weighted by Gasteiger charge is -2.21. The smallest absolute Gasteiger partial charge is 0.0634 e. The van der Waals surface area contributed by atoms with Crippen LogP contribution in [0.25, 0.3) is 0 Å². The minimum atomic E-state index is 0.147. The Hall–Kier alpha value is 0.260. The van der Waals surface area contributed by atoms with E-state index in [1.54, 1.807) is 0 Å². The maximum absolute atomic E-state index is 6.12.